The van der Waals surface area contributed by atoms with Crippen molar-refractivity contribution in [2.45, 2.75) is 96.8 Å². The standard InChI is InChI=1S/C35H46O3/c1-4-5-6-7-8-9-10-21-38-28-14-11-25(12-15-28)22-27-24-33-32-17-13-26-23-29(37-3)16-18-30(26)31(32)19-20-35(33,2)34(27)36/h11-12,14-16,18,22-23,31-33H,4-10,13,17,19-21,24H2,1-3H3/t31-,32-,33+,35+/m1/s1. The highest BCUT2D eigenvalue weighted by atomic mass is 16.5. The lowest BCUT2D eigenvalue weighted by Gasteiger charge is -2.48. The van der Waals surface area contributed by atoms with Crippen LogP contribution in [-0.2, 0) is 11.2 Å². The quantitative estimate of drug-likeness (QED) is 0.222. The molecular weight excluding hydrogens is 468 g/mol. The maximum atomic E-state index is 13.7. The first kappa shape index (κ1) is 27.0. The maximum Gasteiger partial charge on any atom is 0.165 e. The Bertz CT molecular complexity index is 1130. The van der Waals surface area contributed by atoms with Gasteiger partial charge in [-0.15, -0.1) is 0 Å². The first-order valence-electron chi connectivity index (χ1n) is 15.2. The zero-order chi connectivity index (χ0) is 26.5. The van der Waals surface area contributed by atoms with Crippen molar-refractivity contribution in [2.75, 3.05) is 13.7 Å². The second-order valence-corrected chi connectivity index (χ2v) is 12.2. The maximum absolute atomic E-state index is 13.7. The van der Waals surface area contributed by atoms with Gasteiger partial charge in [0.2, 0.25) is 0 Å². The second kappa shape index (κ2) is 12.1. The topological polar surface area (TPSA) is 35.5 Å². The van der Waals surface area contributed by atoms with Gasteiger partial charge in [0.25, 0.3) is 0 Å². The molecule has 0 radical (unpaired) electrons. The van der Waals surface area contributed by atoms with Crippen molar-refractivity contribution in [3.8, 4) is 11.5 Å². The molecule has 204 valence electrons. The second-order valence-electron chi connectivity index (χ2n) is 12.2. The van der Waals surface area contributed by atoms with E-state index in [2.05, 4.69) is 62.4 Å². The summed E-state index contributed by atoms with van der Waals surface area (Å²) < 4.78 is 11.5. The Hall–Kier alpha value is -2.55. The average molecular weight is 515 g/mol. The molecule has 0 amide bonds. The molecule has 2 aromatic carbocycles. The number of carbonyl (C=O) groups is 1. The highest BCUT2D eigenvalue weighted by molar-refractivity contribution is 6.06. The minimum absolute atomic E-state index is 0.212. The highest BCUT2D eigenvalue weighted by Gasteiger charge is 2.56. The number of hydrogen-bond acceptors (Lipinski definition) is 3. The lowest BCUT2D eigenvalue weighted by atomic mass is 9.55. The van der Waals surface area contributed by atoms with Crippen molar-refractivity contribution in [1.82, 2.24) is 0 Å². The molecule has 0 heterocycles. The molecule has 2 saturated carbocycles. The number of methoxy groups -OCH3 is 1. The molecule has 5 rings (SSSR count). The van der Waals surface area contributed by atoms with Gasteiger partial charge >= 0.3 is 0 Å². The minimum atomic E-state index is -0.212. The Labute approximate surface area is 230 Å². The fraction of sp³-hybridized carbons (Fsp3) is 0.571. The molecule has 4 atom stereocenters. The van der Waals surface area contributed by atoms with Crippen molar-refractivity contribution in [2.24, 2.45) is 17.3 Å². The van der Waals surface area contributed by atoms with E-state index in [4.69, 9.17) is 9.47 Å². The van der Waals surface area contributed by atoms with Gasteiger partial charge in [0.15, 0.2) is 5.78 Å². The van der Waals surface area contributed by atoms with Crippen molar-refractivity contribution in [1.29, 1.82) is 0 Å². The normalized spacial score (nSPS) is 27.1. The summed E-state index contributed by atoms with van der Waals surface area (Å²) in [7, 11) is 1.75. The van der Waals surface area contributed by atoms with E-state index in [1.807, 2.05) is 0 Å². The predicted octanol–water partition coefficient (Wildman–Crippen LogP) is 8.94. The van der Waals surface area contributed by atoms with Crippen LogP contribution in [0.25, 0.3) is 6.08 Å². The molecule has 0 N–H and O–H groups in total. The van der Waals surface area contributed by atoms with Gasteiger partial charge in [0, 0.05) is 5.41 Å². The van der Waals surface area contributed by atoms with E-state index in [-0.39, 0.29) is 5.41 Å². The lowest BCUT2D eigenvalue weighted by molar-refractivity contribution is -0.127. The van der Waals surface area contributed by atoms with Gasteiger partial charge in [0.1, 0.15) is 11.5 Å². The fourth-order valence-electron chi connectivity index (χ4n) is 7.60. The molecular formula is C35H46O3. The molecule has 0 aromatic heterocycles. The molecule has 0 saturated heterocycles. The van der Waals surface area contributed by atoms with E-state index in [1.54, 1.807) is 7.11 Å². The first-order valence-corrected chi connectivity index (χ1v) is 15.2. The molecule has 38 heavy (non-hydrogen) atoms. The summed E-state index contributed by atoms with van der Waals surface area (Å²) in [6.07, 6.45) is 16.5. The van der Waals surface area contributed by atoms with Crippen molar-refractivity contribution >= 4 is 11.9 Å². The zero-order valence-corrected chi connectivity index (χ0v) is 23.8. The molecule has 3 heteroatoms. The lowest BCUT2D eigenvalue weighted by Crippen LogP contribution is -2.42. The number of unbranched alkanes of at least 4 members (excludes halogenated alkanes) is 6. The number of rotatable bonds is 11. The third kappa shape index (κ3) is 5.58. The number of ketones is 1. The van der Waals surface area contributed by atoms with Gasteiger partial charge in [-0.25, -0.2) is 0 Å². The summed E-state index contributed by atoms with van der Waals surface area (Å²) in [4.78, 5) is 13.7. The number of hydrogen-bond donors (Lipinski definition) is 0. The molecule has 2 aromatic rings. The van der Waals surface area contributed by atoms with Crippen LogP contribution < -0.4 is 9.47 Å². The van der Waals surface area contributed by atoms with Crippen LogP contribution in [0.15, 0.2) is 48.0 Å². The molecule has 0 aliphatic heterocycles. The SMILES string of the molecule is CCCCCCCCCOc1ccc(C=C2C[C@H]3[C@@H]4CCc5cc(OC)ccc5[C@H]4CC[C@]3(C)C2=O)cc1. The van der Waals surface area contributed by atoms with Crippen LogP contribution >= 0.6 is 0 Å². The fourth-order valence-corrected chi connectivity index (χ4v) is 7.60. The number of Topliss-reactive ketones (excluding diaryl/α,β-unsaturated/α-hetero) is 1. The van der Waals surface area contributed by atoms with E-state index in [9.17, 15) is 4.79 Å². The van der Waals surface area contributed by atoms with Gasteiger partial charge in [-0.1, -0.05) is 70.6 Å². The Balaban J connectivity index is 1.20. The summed E-state index contributed by atoms with van der Waals surface area (Å²) in [5.41, 5.74) is 4.87. The largest absolute Gasteiger partial charge is 0.497 e. The Morgan fingerprint density at radius 2 is 1.68 bits per heavy atom. The van der Waals surface area contributed by atoms with Gasteiger partial charge in [0.05, 0.1) is 13.7 Å². The molecule has 2 fully saturated rings. The van der Waals surface area contributed by atoms with E-state index in [0.717, 1.165) is 61.3 Å². The Morgan fingerprint density at radius 1 is 0.947 bits per heavy atom. The van der Waals surface area contributed by atoms with Gasteiger partial charge in [-0.3, -0.25) is 4.79 Å². The van der Waals surface area contributed by atoms with Crippen LogP contribution in [0.4, 0.5) is 0 Å². The van der Waals surface area contributed by atoms with E-state index < -0.39 is 0 Å². The Morgan fingerprint density at radius 3 is 2.45 bits per heavy atom. The molecule has 3 aliphatic carbocycles. The van der Waals surface area contributed by atoms with Crippen LogP contribution in [0.1, 0.15) is 107 Å². The van der Waals surface area contributed by atoms with Crippen LogP contribution in [0.3, 0.4) is 0 Å². The predicted molar refractivity (Wildman–Crippen MR) is 156 cm³/mol. The van der Waals surface area contributed by atoms with Crippen LogP contribution in [0.2, 0.25) is 0 Å². The first-order chi connectivity index (χ1) is 18.5. The summed E-state index contributed by atoms with van der Waals surface area (Å²) in [6.45, 7) is 5.29. The van der Waals surface area contributed by atoms with Gasteiger partial charge in [-0.2, -0.15) is 0 Å². The number of benzene rings is 2. The van der Waals surface area contributed by atoms with Crippen LogP contribution in [-0.4, -0.2) is 19.5 Å². The number of aryl methyl sites for hydroxylation is 1. The van der Waals surface area contributed by atoms with Crippen molar-refractivity contribution in [3.05, 3.63) is 64.7 Å². The van der Waals surface area contributed by atoms with Crippen molar-refractivity contribution < 1.29 is 14.3 Å². The summed E-state index contributed by atoms with van der Waals surface area (Å²) in [5, 5.41) is 0. The molecule has 3 nitrogen and oxygen atoms in total. The van der Waals surface area contributed by atoms with E-state index >= 15 is 0 Å². The van der Waals surface area contributed by atoms with E-state index in [1.165, 1.54) is 56.1 Å². The van der Waals surface area contributed by atoms with Gasteiger partial charge in [-0.05, 0) is 109 Å². The molecule has 0 spiro atoms. The third-order valence-corrected chi connectivity index (χ3v) is 9.81. The zero-order valence-electron chi connectivity index (χ0n) is 23.8. The monoisotopic (exact) mass is 514 g/mol. The Kier molecular flexibility index (Phi) is 8.61. The number of fused-ring (bicyclic) bond motifs is 5. The average Bonchev–Trinajstić information content (AvgIpc) is 3.20. The van der Waals surface area contributed by atoms with Crippen LogP contribution in [0, 0.1) is 17.3 Å². The molecule has 0 bridgehead atoms. The molecule has 3 aliphatic rings. The van der Waals surface area contributed by atoms with Crippen molar-refractivity contribution in [3.63, 3.8) is 0 Å². The number of carbonyl (C=O) groups excluding carboxylic acids is 1. The third-order valence-electron chi connectivity index (χ3n) is 9.81. The number of ether oxygens (including phenoxy) is 2. The highest BCUT2D eigenvalue weighted by Crippen LogP contribution is 2.61. The van der Waals surface area contributed by atoms with Gasteiger partial charge < -0.3 is 9.47 Å². The smallest absolute Gasteiger partial charge is 0.165 e. The summed E-state index contributed by atoms with van der Waals surface area (Å²) in [6, 6.07) is 15.0. The number of allylic oxidation sites excluding steroid dienone is 1. The summed E-state index contributed by atoms with van der Waals surface area (Å²) in [5.74, 6) is 3.88. The summed E-state index contributed by atoms with van der Waals surface area (Å²) >= 11 is 0. The minimum Gasteiger partial charge on any atom is -0.497 e. The molecule has 0 unspecified atom stereocenters. The van der Waals surface area contributed by atoms with Crippen LogP contribution in [0.5, 0.6) is 11.5 Å². The van der Waals surface area contributed by atoms with E-state index in [0.29, 0.717) is 23.5 Å².